The van der Waals surface area contributed by atoms with Crippen molar-refractivity contribution < 1.29 is 0 Å². The first-order valence-electron chi connectivity index (χ1n) is 6.51. The molecule has 1 aromatic heterocycles. The lowest BCUT2D eigenvalue weighted by Crippen LogP contribution is -2.38. The smallest absolute Gasteiger partial charge is 0.0597 e. The number of hydrogen-bond acceptors (Lipinski definition) is 3. The normalized spacial score (nSPS) is 25.5. The van der Waals surface area contributed by atoms with Crippen molar-refractivity contribution >= 4 is 0 Å². The molecule has 0 aromatic carbocycles. The zero-order chi connectivity index (χ0) is 12.4. The van der Waals surface area contributed by atoms with Gasteiger partial charge in [-0.1, -0.05) is 0 Å². The van der Waals surface area contributed by atoms with Gasteiger partial charge in [0.2, 0.25) is 0 Å². The molecule has 4 nitrogen and oxygen atoms in total. The molecule has 0 bridgehead atoms. The highest BCUT2D eigenvalue weighted by atomic mass is 15.3. The third-order valence-electron chi connectivity index (χ3n) is 3.88. The Hall–Kier alpha value is -0.870. The van der Waals surface area contributed by atoms with E-state index in [0.717, 1.165) is 12.2 Å². The molecule has 1 aliphatic rings. The van der Waals surface area contributed by atoms with Crippen molar-refractivity contribution in [2.24, 2.45) is 12.8 Å². The van der Waals surface area contributed by atoms with E-state index in [1.54, 1.807) is 0 Å². The Bertz CT molecular complexity index is 363. The summed E-state index contributed by atoms with van der Waals surface area (Å²) in [6.07, 6.45) is 4.79. The zero-order valence-corrected chi connectivity index (χ0v) is 11.2. The first-order chi connectivity index (χ1) is 8.06. The molecule has 1 heterocycles. The maximum atomic E-state index is 5.94. The van der Waals surface area contributed by atoms with Gasteiger partial charge in [-0.05, 0) is 45.7 Å². The van der Waals surface area contributed by atoms with Crippen molar-refractivity contribution in [2.75, 3.05) is 7.05 Å². The van der Waals surface area contributed by atoms with Crippen molar-refractivity contribution in [3.8, 4) is 0 Å². The number of aryl methyl sites for hydroxylation is 2. The molecular formula is C13H24N4. The number of hydrogen-bond donors (Lipinski definition) is 1. The number of aromatic nitrogens is 2. The average Bonchev–Trinajstić information content (AvgIpc) is 2.58. The standard InChI is InChI=1S/C13H24N4/c1-10-8-13(17(3)15-10)9-16(2)12-6-4-11(14)5-7-12/h8,11-12H,4-7,9,14H2,1-3H3. The Morgan fingerprint density at radius 1 is 1.41 bits per heavy atom. The highest BCUT2D eigenvalue weighted by Gasteiger charge is 2.22. The topological polar surface area (TPSA) is 47.1 Å². The van der Waals surface area contributed by atoms with E-state index in [1.807, 2.05) is 18.7 Å². The van der Waals surface area contributed by atoms with E-state index in [0.29, 0.717) is 12.1 Å². The molecule has 1 aliphatic carbocycles. The fraction of sp³-hybridized carbons (Fsp3) is 0.769. The van der Waals surface area contributed by atoms with E-state index in [2.05, 4.69) is 23.1 Å². The van der Waals surface area contributed by atoms with Gasteiger partial charge >= 0.3 is 0 Å². The largest absolute Gasteiger partial charge is 0.328 e. The Kier molecular flexibility index (Phi) is 3.84. The SMILES string of the molecule is Cc1cc(CN(C)C2CCC(N)CC2)n(C)n1. The molecule has 2 rings (SSSR count). The second-order valence-electron chi connectivity index (χ2n) is 5.38. The summed E-state index contributed by atoms with van der Waals surface area (Å²) in [6, 6.07) is 3.29. The predicted molar refractivity (Wildman–Crippen MR) is 69.6 cm³/mol. The van der Waals surface area contributed by atoms with E-state index >= 15 is 0 Å². The van der Waals surface area contributed by atoms with Crippen LogP contribution >= 0.6 is 0 Å². The summed E-state index contributed by atoms with van der Waals surface area (Å²) in [5, 5.41) is 4.39. The molecule has 0 amide bonds. The first-order valence-corrected chi connectivity index (χ1v) is 6.51. The van der Waals surface area contributed by atoms with Gasteiger partial charge in [0, 0.05) is 25.7 Å². The minimum atomic E-state index is 0.429. The summed E-state index contributed by atoms with van der Waals surface area (Å²) >= 11 is 0. The second-order valence-corrected chi connectivity index (χ2v) is 5.38. The van der Waals surface area contributed by atoms with Gasteiger partial charge in [0.25, 0.3) is 0 Å². The summed E-state index contributed by atoms with van der Waals surface area (Å²) in [7, 11) is 4.23. The maximum absolute atomic E-state index is 5.94. The Morgan fingerprint density at radius 3 is 2.59 bits per heavy atom. The van der Waals surface area contributed by atoms with Crippen LogP contribution in [-0.4, -0.2) is 33.8 Å². The van der Waals surface area contributed by atoms with Crippen LogP contribution in [0.15, 0.2) is 6.07 Å². The molecule has 0 aliphatic heterocycles. The Morgan fingerprint density at radius 2 is 2.06 bits per heavy atom. The van der Waals surface area contributed by atoms with Crippen LogP contribution in [0.1, 0.15) is 37.1 Å². The number of nitrogens with two attached hydrogens (primary N) is 1. The van der Waals surface area contributed by atoms with E-state index in [-0.39, 0.29) is 0 Å². The maximum Gasteiger partial charge on any atom is 0.0597 e. The Balaban J connectivity index is 1.92. The first kappa shape index (κ1) is 12.6. The van der Waals surface area contributed by atoms with Gasteiger partial charge in [-0.2, -0.15) is 5.10 Å². The van der Waals surface area contributed by atoms with E-state index in [9.17, 15) is 0 Å². The lowest BCUT2D eigenvalue weighted by Gasteiger charge is -2.33. The fourth-order valence-electron chi connectivity index (χ4n) is 2.74. The van der Waals surface area contributed by atoms with Gasteiger partial charge in [0.05, 0.1) is 11.4 Å². The Labute approximate surface area is 104 Å². The minimum Gasteiger partial charge on any atom is -0.328 e. The third kappa shape index (κ3) is 3.07. The molecule has 17 heavy (non-hydrogen) atoms. The molecule has 1 aromatic rings. The van der Waals surface area contributed by atoms with E-state index in [4.69, 9.17) is 5.73 Å². The van der Waals surface area contributed by atoms with Crippen molar-refractivity contribution in [1.29, 1.82) is 0 Å². The van der Waals surface area contributed by atoms with Crippen molar-refractivity contribution in [1.82, 2.24) is 14.7 Å². The monoisotopic (exact) mass is 236 g/mol. The molecule has 1 saturated carbocycles. The number of rotatable bonds is 3. The fourth-order valence-corrected chi connectivity index (χ4v) is 2.74. The number of nitrogens with zero attached hydrogens (tertiary/aromatic N) is 3. The van der Waals surface area contributed by atoms with Crippen molar-refractivity contribution in [2.45, 2.75) is 51.2 Å². The van der Waals surface area contributed by atoms with Gasteiger partial charge in [0.15, 0.2) is 0 Å². The second kappa shape index (κ2) is 5.19. The van der Waals surface area contributed by atoms with Gasteiger partial charge in [-0.25, -0.2) is 0 Å². The van der Waals surface area contributed by atoms with Gasteiger partial charge in [-0.15, -0.1) is 0 Å². The lowest BCUT2D eigenvalue weighted by molar-refractivity contribution is 0.173. The van der Waals surface area contributed by atoms with Crippen LogP contribution in [0.25, 0.3) is 0 Å². The summed E-state index contributed by atoms with van der Waals surface area (Å²) < 4.78 is 1.99. The zero-order valence-electron chi connectivity index (χ0n) is 11.2. The molecule has 96 valence electrons. The van der Waals surface area contributed by atoms with Gasteiger partial charge < -0.3 is 5.73 Å². The molecule has 1 fully saturated rings. The van der Waals surface area contributed by atoms with Gasteiger partial charge in [-0.3, -0.25) is 9.58 Å². The van der Waals surface area contributed by atoms with Crippen molar-refractivity contribution in [3.05, 3.63) is 17.5 Å². The van der Waals surface area contributed by atoms with Crippen LogP contribution in [0.2, 0.25) is 0 Å². The van der Waals surface area contributed by atoms with E-state index < -0.39 is 0 Å². The lowest BCUT2D eigenvalue weighted by atomic mass is 9.91. The average molecular weight is 236 g/mol. The van der Waals surface area contributed by atoms with Crippen molar-refractivity contribution in [3.63, 3.8) is 0 Å². The van der Waals surface area contributed by atoms with Crippen LogP contribution in [0, 0.1) is 6.92 Å². The predicted octanol–water partition coefficient (Wildman–Crippen LogP) is 1.43. The third-order valence-corrected chi connectivity index (χ3v) is 3.88. The van der Waals surface area contributed by atoms with E-state index in [1.165, 1.54) is 31.4 Å². The van der Waals surface area contributed by atoms with Crippen LogP contribution in [0.5, 0.6) is 0 Å². The van der Waals surface area contributed by atoms with Gasteiger partial charge in [0.1, 0.15) is 0 Å². The molecule has 0 unspecified atom stereocenters. The van der Waals surface area contributed by atoms with Crippen LogP contribution < -0.4 is 5.73 Å². The molecule has 2 N–H and O–H groups in total. The quantitative estimate of drug-likeness (QED) is 0.863. The molecule has 0 atom stereocenters. The molecule has 4 heteroatoms. The highest BCUT2D eigenvalue weighted by molar-refractivity contribution is 5.08. The summed E-state index contributed by atoms with van der Waals surface area (Å²) in [6.45, 7) is 3.03. The highest BCUT2D eigenvalue weighted by Crippen LogP contribution is 2.22. The molecule has 0 spiro atoms. The summed E-state index contributed by atoms with van der Waals surface area (Å²) in [5.74, 6) is 0. The molecular weight excluding hydrogens is 212 g/mol. The molecule has 0 saturated heterocycles. The van der Waals surface area contributed by atoms with Crippen LogP contribution in [0.3, 0.4) is 0 Å². The summed E-state index contributed by atoms with van der Waals surface area (Å²) in [5.41, 5.74) is 8.33. The molecule has 0 radical (unpaired) electrons. The van der Waals surface area contributed by atoms with Crippen LogP contribution in [-0.2, 0) is 13.6 Å². The van der Waals surface area contributed by atoms with Crippen LogP contribution in [0.4, 0.5) is 0 Å². The minimum absolute atomic E-state index is 0.429. The summed E-state index contributed by atoms with van der Waals surface area (Å²) in [4.78, 5) is 2.45.